The first kappa shape index (κ1) is 44.1. The number of carbonyl (C=O) groups excluding carboxylic acids is 5. The lowest BCUT2D eigenvalue weighted by atomic mass is 9.94. The van der Waals surface area contributed by atoms with Crippen LogP contribution in [0, 0.1) is 12.7 Å². The van der Waals surface area contributed by atoms with E-state index in [-0.39, 0.29) is 41.7 Å². The van der Waals surface area contributed by atoms with Gasteiger partial charge in [0.05, 0.1) is 29.5 Å². The zero-order chi connectivity index (χ0) is 45.9. The molecule has 3 fully saturated rings. The Hall–Kier alpha value is -7.09. The number of methoxy groups -OCH3 is 1. The monoisotopic (exact) mass is 898 g/mol. The number of amides is 6. The maximum Gasteiger partial charge on any atom is 0.320 e. The van der Waals surface area contributed by atoms with Crippen LogP contribution in [0.4, 0.5) is 26.6 Å². The van der Waals surface area contributed by atoms with E-state index in [1.165, 1.54) is 12.1 Å². The Morgan fingerprint density at radius 1 is 0.894 bits per heavy atom. The van der Waals surface area contributed by atoms with E-state index in [9.17, 15) is 28.4 Å². The van der Waals surface area contributed by atoms with E-state index in [0.29, 0.717) is 81.1 Å². The number of aromatic nitrogens is 4. The Bertz CT molecular complexity index is 2640. The second-order valence-electron chi connectivity index (χ2n) is 16.9. The highest BCUT2D eigenvalue weighted by Crippen LogP contribution is 2.34. The quantitative estimate of drug-likeness (QED) is 0.118. The van der Waals surface area contributed by atoms with Gasteiger partial charge in [-0.15, -0.1) is 0 Å². The van der Waals surface area contributed by atoms with Gasteiger partial charge in [0, 0.05) is 108 Å². The Labute approximate surface area is 380 Å². The van der Waals surface area contributed by atoms with Gasteiger partial charge in [0.1, 0.15) is 23.4 Å². The van der Waals surface area contributed by atoms with Crippen LogP contribution in [-0.4, -0.2) is 149 Å². The van der Waals surface area contributed by atoms with Crippen LogP contribution in [0.25, 0.3) is 16.9 Å². The third-order valence-corrected chi connectivity index (χ3v) is 12.7. The van der Waals surface area contributed by atoms with E-state index in [2.05, 4.69) is 36.0 Å². The zero-order valence-electron chi connectivity index (χ0n) is 36.7. The molecule has 2 aromatic heterocycles. The summed E-state index contributed by atoms with van der Waals surface area (Å²) in [5, 5.41) is 16.8. The van der Waals surface area contributed by atoms with Crippen molar-refractivity contribution < 1.29 is 33.1 Å². The summed E-state index contributed by atoms with van der Waals surface area (Å²) >= 11 is 0. The van der Waals surface area contributed by atoms with Crippen LogP contribution in [0.3, 0.4) is 0 Å². The average molecular weight is 899 g/mol. The number of benzene rings is 3. The smallest absolute Gasteiger partial charge is 0.320 e. The Kier molecular flexibility index (Phi) is 12.8. The Morgan fingerprint density at radius 2 is 1.67 bits per heavy atom. The number of nitrogens with zero attached hydrogens (tertiary/aromatic N) is 8. The summed E-state index contributed by atoms with van der Waals surface area (Å²) < 4.78 is 21.3. The Morgan fingerprint density at radius 3 is 2.41 bits per heavy atom. The van der Waals surface area contributed by atoms with Crippen molar-refractivity contribution >= 4 is 47.1 Å². The number of fused-ring (bicyclic) bond motifs is 1. The lowest BCUT2D eigenvalue weighted by Crippen LogP contribution is -2.54. The van der Waals surface area contributed by atoms with Gasteiger partial charge in [0.2, 0.25) is 17.8 Å². The van der Waals surface area contributed by atoms with E-state index in [1.807, 2.05) is 43.3 Å². The molecule has 9 rings (SSSR count). The summed E-state index contributed by atoms with van der Waals surface area (Å²) in [5.41, 5.74) is 4.59. The molecule has 0 saturated carbocycles. The maximum absolute atomic E-state index is 14.3. The molecule has 66 heavy (non-hydrogen) atoms. The number of anilines is 3. The zero-order valence-corrected chi connectivity index (χ0v) is 36.7. The second kappa shape index (κ2) is 19.2. The highest BCUT2D eigenvalue weighted by atomic mass is 19.1. The van der Waals surface area contributed by atoms with Gasteiger partial charge in [-0.25, -0.2) is 23.8 Å². The maximum atomic E-state index is 14.3. The first-order valence-electron chi connectivity index (χ1n) is 22.1. The summed E-state index contributed by atoms with van der Waals surface area (Å²) in [7, 11) is 1.65. The molecule has 6 heterocycles. The fourth-order valence-corrected chi connectivity index (χ4v) is 9.28. The molecule has 4 aliphatic rings. The van der Waals surface area contributed by atoms with Crippen LogP contribution in [0.2, 0.25) is 0 Å². The minimum atomic E-state index is -1.02. The highest BCUT2D eigenvalue weighted by molar-refractivity contribution is 6.25. The lowest BCUT2D eigenvalue weighted by Gasteiger charge is -2.34. The molecule has 342 valence electrons. The van der Waals surface area contributed by atoms with Gasteiger partial charge in [0.25, 0.3) is 11.8 Å². The van der Waals surface area contributed by atoms with E-state index < -0.39 is 35.7 Å². The number of likely N-dealkylation sites (tertiary alicyclic amines) is 1. The molecule has 3 saturated heterocycles. The number of imide groups is 2. The van der Waals surface area contributed by atoms with Crippen molar-refractivity contribution in [2.45, 2.75) is 37.8 Å². The molecule has 0 spiro atoms. The van der Waals surface area contributed by atoms with Gasteiger partial charge >= 0.3 is 6.03 Å². The topological polar surface area (TPSA) is 199 Å². The van der Waals surface area contributed by atoms with Crippen molar-refractivity contribution in [2.75, 3.05) is 88.2 Å². The lowest BCUT2D eigenvalue weighted by molar-refractivity contribution is -0.136. The summed E-state index contributed by atoms with van der Waals surface area (Å²) in [5.74, 6) is -1.51. The van der Waals surface area contributed by atoms with Crippen LogP contribution in [0.1, 0.15) is 50.6 Å². The third-order valence-electron chi connectivity index (χ3n) is 12.7. The Balaban J connectivity index is 0.825. The molecule has 0 bridgehead atoms. The summed E-state index contributed by atoms with van der Waals surface area (Å²) in [6, 6.07) is 19.4. The fourth-order valence-electron chi connectivity index (χ4n) is 9.28. The van der Waals surface area contributed by atoms with E-state index >= 15 is 0 Å². The van der Waals surface area contributed by atoms with Crippen molar-refractivity contribution in [1.29, 1.82) is 0 Å². The summed E-state index contributed by atoms with van der Waals surface area (Å²) in [6.45, 7) is 8.40. The molecule has 0 aliphatic carbocycles. The van der Waals surface area contributed by atoms with Gasteiger partial charge in [-0.3, -0.25) is 44.5 Å². The third kappa shape index (κ3) is 9.09. The van der Waals surface area contributed by atoms with Crippen LogP contribution in [0.5, 0.6) is 0 Å². The summed E-state index contributed by atoms with van der Waals surface area (Å²) in [4.78, 5) is 81.9. The number of hydrogen-bond acceptors (Lipinski definition) is 13. The number of piperazine rings is 1. The number of halogens is 1. The number of urea groups is 1. The molecule has 1 unspecified atom stereocenters. The fraction of sp³-hybridized carbons (Fsp3) is 0.362. The highest BCUT2D eigenvalue weighted by Gasteiger charge is 2.45. The minimum absolute atomic E-state index is 0.0581. The van der Waals surface area contributed by atoms with Gasteiger partial charge in [0.15, 0.2) is 0 Å². The van der Waals surface area contributed by atoms with Gasteiger partial charge in [-0.2, -0.15) is 5.10 Å². The molecular weight excluding hydrogens is 848 g/mol. The van der Waals surface area contributed by atoms with Crippen LogP contribution >= 0.6 is 0 Å². The molecule has 5 aromatic rings. The molecule has 3 atom stereocenters. The first-order chi connectivity index (χ1) is 32.1. The normalized spacial score (nSPS) is 20.1. The molecule has 3 aromatic carbocycles. The molecule has 18 nitrogen and oxygen atoms in total. The van der Waals surface area contributed by atoms with Gasteiger partial charge in [-0.1, -0.05) is 36.4 Å². The average Bonchev–Trinajstić information content (AvgIpc) is 3.96. The number of ether oxygens (including phenoxy) is 1. The van der Waals surface area contributed by atoms with Crippen molar-refractivity contribution in [3.63, 3.8) is 0 Å². The van der Waals surface area contributed by atoms with Crippen molar-refractivity contribution in [3.8, 4) is 16.9 Å². The number of para-hydroxylation sites is 1. The van der Waals surface area contributed by atoms with E-state index in [0.717, 1.165) is 34.8 Å². The number of piperidine rings is 1. The number of carbonyl (C=O) groups is 5. The minimum Gasteiger partial charge on any atom is -0.383 e. The molecular formula is C47H51FN12O6. The van der Waals surface area contributed by atoms with Gasteiger partial charge in [-0.05, 0) is 55.3 Å². The molecule has 0 radical (unpaired) electrons. The van der Waals surface area contributed by atoms with E-state index in [1.54, 1.807) is 48.5 Å². The number of rotatable bonds is 14. The molecule has 19 heteroatoms. The van der Waals surface area contributed by atoms with Crippen molar-refractivity contribution in [1.82, 2.24) is 45.1 Å². The van der Waals surface area contributed by atoms with E-state index in [4.69, 9.17) is 19.8 Å². The predicted molar refractivity (Wildman–Crippen MR) is 243 cm³/mol. The standard InChI is InChI=1S/C47H51FN12O6/c1-29-41(55-60(33-10-4-3-5-11-33)42(29)54-47(65)52-37-28-57(22-23-66-2)27-35(37)30-8-6-9-32(48)24-30)31-25-50-46(51-26-31)58-20-18-56(19-21-58)17-16-49-36-13-7-12-34-40(36)45(64)59(44(34)63)38-14-15-39(61)53-43(38)62/h3-13,24-26,35,37-38,49H,14-23,27-28H2,1-2H3,(H2,52,54,65)(H,53,61,62)/t35-,37+,38?/m0/s1. The van der Waals surface area contributed by atoms with Crippen LogP contribution in [0.15, 0.2) is 85.2 Å². The van der Waals surface area contributed by atoms with Crippen LogP contribution < -0.4 is 26.2 Å². The molecule has 4 aliphatic heterocycles. The first-order valence-corrected chi connectivity index (χ1v) is 22.1. The molecule has 4 N–H and O–H groups in total. The number of hydrogen-bond donors (Lipinski definition) is 4. The van der Waals surface area contributed by atoms with Crippen molar-refractivity contribution in [2.24, 2.45) is 0 Å². The SMILES string of the molecule is COCCN1C[C@@H](NC(=O)Nc2c(C)c(-c3cnc(N4CCN(CCNc5cccc6c5C(=O)N(C5CCC(=O)NC5=O)C6=O)CC4)nc3)nn2-c2ccccc2)[C@H](c2cccc(F)c2)C1. The van der Waals surface area contributed by atoms with Crippen LogP contribution in [-0.2, 0) is 14.3 Å². The summed E-state index contributed by atoms with van der Waals surface area (Å²) in [6.07, 6.45) is 3.65. The van der Waals surface area contributed by atoms with Crippen molar-refractivity contribution in [3.05, 3.63) is 113 Å². The molecule has 6 amide bonds. The largest absolute Gasteiger partial charge is 0.383 e. The predicted octanol–water partition coefficient (Wildman–Crippen LogP) is 3.65. The second-order valence-corrected chi connectivity index (χ2v) is 16.9. The van der Waals surface area contributed by atoms with Gasteiger partial charge < -0.3 is 20.3 Å². The number of nitrogens with one attached hydrogen (secondary N) is 4.